The lowest BCUT2D eigenvalue weighted by atomic mass is 10.1. The summed E-state index contributed by atoms with van der Waals surface area (Å²) in [5.41, 5.74) is 0.870. The fraction of sp³-hybridized carbons (Fsp3) is 0.333. The number of nitriles is 2. The maximum atomic E-state index is 8.45. The highest BCUT2D eigenvalue weighted by Gasteiger charge is 1.96. The molecule has 0 aromatic heterocycles. The average Bonchev–Trinajstić information content (AvgIpc) is 2.15. The van der Waals surface area contributed by atoms with Crippen molar-refractivity contribution in [3.8, 4) is 12.1 Å². The van der Waals surface area contributed by atoms with Crippen molar-refractivity contribution in [3.05, 3.63) is 35.4 Å². The molecule has 0 aliphatic heterocycles. The molecular formula is C12H16N2Si. The van der Waals surface area contributed by atoms with Gasteiger partial charge in [0, 0.05) is 10.2 Å². The van der Waals surface area contributed by atoms with Gasteiger partial charge in [0.15, 0.2) is 0 Å². The van der Waals surface area contributed by atoms with Crippen LogP contribution in [0.15, 0.2) is 24.3 Å². The van der Waals surface area contributed by atoms with Gasteiger partial charge in [0.2, 0.25) is 0 Å². The monoisotopic (exact) mass is 216 g/mol. The van der Waals surface area contributed by atoms with Gasteiger partial charge in [-0.05, 0) is 12.1 Å². The van der Waals surface area contributed by atoms with E-state index in [0.29, 0.717) is 16.2 Å². The molecular weight excluding hydrogens is 200 g/mol. The molecule has 0 aliphatic carbocycles. The van der Waals surface area contributed by atoms with Crippen LogP contribution in [0.1, 0.15) is 31.9 Å². The standard InChI is InChI=1S/C8H4N2.C4H12Si/c9-5-7-3-1-2-4-8(7)6-10;1-4(2,3)5/h1-4H;1-3,5H3. The fourth-order valence-electron chi connectivity index (χ4n) is 0.678. The molecule has 1 aromatic carbocycles. The summed E-state index contributed by atoms with van der Waals surface area (Å²) in [5.74, 6) is 0. The normalized spacial score (nSPS) is 9.40. The molecule has 78 valence electrons. The van der Waals surface area contributed by atoms with Crippen LogP contribution in [0.3, 0.4) is 0 Å². The first-order chi connectivity index (χ1) is 6.88. The Morgan fingerprint density at radius 3 is 1.47 bits per heavy atom. The summed E-state index contributed by atoms with van der Waals surface area (Å²) >= 11 is 0. The van der Waals surface area contributed by atoms with Crippen molar-refractivity contribution in [2.24, 2.45) is 0 Å². The van der Waals surface area contributed by atoms with E-state index in [1.165, 1.54) is 10.2 Å². The molecule has 15 heavy (non-hydrogen) atoms. The van der Waals surface area contributed by atoms with Gasteiger partial charge >= 0.3 is 0 Å². The Morgan fingerprint density at radius 2 is 1.27 bits per heavy atom. The van der Waals surface area contributed by atoms with E-state index < -0.39 is 0 Å². The Balaban J connectivity index is 0.000000336. The quantitative estimate of drug-likeness (QED) is 0.623. The molecule has 0 N–H and O–H groups in total. The van der Waals surface area contributed by atoms with Crippen LogP contribution < -0.4 is 0 Å². The summed E-state index contributed by atoms with van der Waals surface area (Å²) in [6.07, 6.45) is 0. The Hall–Kier alpha value is -1.58. The Kier molecular flexibility index (Phi) is 5.37. The number of nitrogens with zero attached hydrogens (tertiary/aromatic N) is 2. The van der Waals surface area contributed by atoms with E-state index in [0.717, 1.165) is 0 Å². The highest BCUT2D eigenvalue weighted by molar-refractivity contribution is 6.14. The largest absolute Gasteiger partial charge is 0.192 e. The average molecular weight is 216 g/mol. The van der Waals surface area contributed by atoms with Crippen molar-refractivity contribution in [3.63, 3.8) is 0 Å². The molecule has 0 fully saturated rings. The van der Waals surface area contributed by atoms with Gasteiger partial charge < -0.3 is 0 Å². The predicted molar refractivity (Wildman–Crippen MR) is 65.5 cm³/mol. The highest BCUT2D eigenvalue weighted by Crippen LogP contribution is 2.13. The van der Waals surface area contributed by atoms with E-state index in [1.807, 2.05) is 12.1 Å². The minimum Gasteiger partial charge on any atom is -0.192 e. The molecule has 0 saturated heterocycles. The lowest BCUT2D eigenvalue weighted by Gasteiger charge is -2.05. The molecule has 0 amide bonds. The van der Waals surface area contributed by atoms with Crippen LogP contribution in [0.25, 0.3) is 0 Å². The van der Waals surface area contributed by atoms with E-state index in [-0.39, 0.29) is 0 Å². The van der Waals surface area contributed by atoms with Crippen molar-refractivity contribution in [1.82, 2.24) is 0 Å². The van der Waals surface area contributed by atoms with Gasteiger partial charge in [0.05, 0.1) is 11.1 Å². The SMILES string of the molecule is CC(C)(C)[SiH3].N#Cc1ccccc1C#N. The third kappa shape index (κ3) is 7.48. The number of benzene rings is 1. The van der Waals surface area contributed by atoms with Crippen LogP contribution in [-0.4, -0.2) is 10.2 Å². The first-order valence-electron chi connectivity index (χ1n) is 4.77. The van der Waals surface area contributed by atoms with Crippen molar-refractivity contribution in [2.75, 3.05) is 0 Å². The molecule has 1 aromatic rings. The molecule has 0 atom stereocenters. The van der Waals surface area contributed by atoms with Crippen LogP contribution >= 0.6 is 0 Å². The first-order valence-corrected chi connectivity index (χ1v) is 5.77. The zero-order valence-corrected chi connectivity index (χ0v) is 11.7. The maximum absolute atomic E-state index is 8.45. The van der Waals surface area contributed by atoms with E-state index in [4.69, 9.17) is 10.5 Å². The third-order valence-corrected chi connectivity index (χ3v) is 1.17. The van der Waals surface area contributed by atoms with E-state index in [2.05, 4.69) is 20.8 Å². The predicted octanol–water partition coefficient (Wildman–Crippen LogP) is 2.00. The highest BCUT2D eigenvalue weighted by atomic mass is 28.1. The smallest absolute Gasteiger partial charge is 0.101 e. The molecule has 0 saturated carbocycles. The summed E-state index contributed by atoms with van der Waals surface area (Å²) < 4.78 is 0. The summed E-state index contributed by atoms with van der Waals surface area (Å²) in [6, 6.07) is 10.6. The van der Waals surface area contributed by atoms with Gasteiger partial charge in [-0.25, -0.2) is 0 Å². The third-order valence-electron chi connectivity index (χ3n) is 1.17. The molecule has 0 bridgehead atoms. The molecule has 2 nitrogen and oxygen atoms in total. The second-order valence-electron chi connectivity index (χ2n) is 4.77. The van der Waals surface area contributed by atoms with Gasteiger partial charge in [0.25, 0.3) is 0 Å². The molecule has 0 radical (unpaired) electrons. The lowest BCUT2D eigenvalue weighted by Crippen LogP contribution is -1.90. The molecule has 0 spiro atoms. The van der Waals surface area contributed by atoms with Gasteiger partial charge in [-0.15, -0.1) is 0 Å². The molecule has 1 rings (SSSR count). The van der Waals surface area contributed by atoms with Gasteiger partial charge in [-0.3, -0.25) is 0 Å². The topological polar surface area (TPSA) is 47.6 Å². The summed E-state index contributed by atoms with van der Waals surface area (Å²) in [7, 11) is 1.31. The minimum atomic E-state index is 0.435. The zero-order chi connectivity index (χ0) is 11.9. The Morgan fingerprint density at radius 1 is 1.00 bits per heavy atom. The summed E-state index contributed by atoms with van der Waals surface area (Å²) in [6.45, 7) is 6.75. The molecule has 3 heteroatoms. The van der Waals surface area contributed by atoms with Crippen LogP contribution in [0, 0.1) is 22.7 Å². The zero-order valence-electron chi connectivity index (χ0n) is 9.70. The van der Waals surface area contributed by atoms with Crippen LogP contribution in [0.4, 0.5) is 0 Å². The van der Waals surface area contributed by atoms with Crippen LogP contribution in [0.5, 0.6) is 0 Å². The van der Waals surface area contributed by atoms with Crippen LogP contribution in [0.2, 0.25) is 5.04 Å². The van der Waals surface area contributed by atoms with E-state index in [9.17, 15) is 0 Å². The Bertz CT molecular complexity index is 352. The van der Waals surface area contributed by atoms with Gasteiger partial charge in [-0.1, -0.05) is 37.9 Å². The minimum absolute atomic E-state index is 0.435. The van der Waals surface area contributed by atoms with Crippen LogP contribution in [-0.2, 0) is 0 Å². The number of rotatable bonds is 0. The second-order valence-corrected chi connectivity index (χ2v) is 7.77. The fourth-order valence-corrected chi connectivity index (χ4v) is 0.678. The van der Waals surface area contributed by atoms with Gasteiger partial charge in [-0.2, -0.15) is 10.5 Å². The number of hydrogen-bond donors (Lipinski definition) is 0. The van der Waals surface area contributed by atoms with Crippen molar-refractivity contribution in [2.45, 2.75) is 25.8 Å². The second kappa shape index (κ2) is 6.01. The maximum Gasteiger partial charge on any atom is 0.101 e. The molecule has 0 unspecified atom stereocenters. The van der Waals surface area contributed by atoms with E-state index >= 15 is 0 Å². The lowest BCUT2D eigenvalue weighted by molar-refractivity contribution is 0.767. The summed E-state index contributed by atoms with van der Waals surface area (Å²) in [5, 5.41) is 17.5. The van der Waals surface area contributed by atoms with Crippen molar-refractivity contribution >= 4 is 10.2 Å². The molecule has 0 heterocycles. The van der Waals surface area contributed by atoms with Crippen molar-refractivity contribution in [1.29, 1.82) is 10.5 Å². The summed E-state index contributed by atoms with van der Waals surface area (Å²) in [4.78, 5) is 0. The number of hydrogen-bond acceptors (Lipinski definition) is 2. The van der Waals surface area contributed by atoms with E-state index in [1.54, 1.807) is 24.3 Å². The molecule has 0 aliphatic rings. The Labute approximate surface area is 94.6 Å². The van der Waals surface area contributed by atoms with Gasteiger partial charge in [0.1, 0.15) is 12.1 Å². The first kappa shape index (κ1) is 13.4. The van der Waals surface area contributed by atoms with Crippen molar-refractivity contribution < 1.29 is 0 Å².